The van der Waals surface area contributed by atoms with E-state index in [1.165, 1.54) is 10.1 Å². The molecule has 10 nitrogen and oxygen atoms in total. The molecule has 200 valence electrons. The van der Waals surface area contributed by atoms with Crippen LogP contribution < -0.4 is 10.6 Å². The SMILES string of the molecule is C[C@@H]1CN(c2nc(=O)n(C)c3c(Cl)n(C4CCCCO4)nc23)[C@@H](C)CN1[C@@H](C)c1ccc2nccnc2c1. The third-order valence-corrected chi connectivity index (χ3v) is 8.42. The number of fused-ring (bicyclic) bond motifs is 2. The van der Waals surface area contributed by atoms with E-state index in [0.29, 0.717) is 35.2 Å². The summed E-state index contributed by atoms with van der Waals surface area (Å²) in [6, 6.07) is 6.80. The smallest absolute Gasteiger partial charge is 0.349 e. The van der Waals surface area contributed by atoms with Crippen molar-refractivity contribution in [3.8, 4) is 0 Å². The average Bonchev–Trinajstić information content (AvgIpc) is 3.29. The van der Waals surface area contributed by atoms with Crippen molar-refractivity contribution in [1.82, 2.24) is 34.2 Å². The molecule has 1 unspecified atom stereocenters. The molecule has 38 heavy (non-hydrogen) atoms. The second kappa shape index (κ2) is 9.91. The van der Waals surface area contributed by atoms with Crippen molar-refractivity contribution < 1.29 is 4.74 Å². The van der Waals surface area contributed by atoms with E-state index in [-0.39, 0.29) is 30.0 Å². The van der Waals surface area contributed by atoms with Crippen LogP contribution in [0.3, 0.4) is 0 Å². The molecule has 0 N–H and O–H groups in total. The second-order valence-corrected chi connectivity index (χ2v) is 10.9. The molecule has 2 aliphatic heterocycles. The first kappa shape index (κ1) is 25.2. The third-order valence-electron chi connectivity index (χ3n) is 8.07. The van der Waals surface area contributed by atoms with E-state index in [1.54, 1.807) is 24.1 Å². The number of hydrogen-bond donors (Lipinski definition) is 0. The highest BCUT2D eigenvalue weighted by Gasteiger charge is 2.35. The van der Waals surface area contributed by atoms with Crippen LogP contribution in [-0.2, 0) is 11.8 Å². The molecule has 6 rings (SSSR count). The van der Waals surface area contributed by atoms with Gasteiger partial charge in [0.1, 0.15) is 5.52 Å². The fraction of sp³-hybridized carbons (Fsp3) is 0.519. The van der Waals surface area contributed by atoms with E-state index in [0.717, 1.165) is 36.8 Å². The van der Waals surface area contributed by atoms with Crippen LogP contribution >= 0.6 is 11.6 Å². The molecule has 3 aromatic heterocycles. The summed E-state index contributed by atoms with van der Waals surface area (Å²) in [5.41, 5.74) is 3.90. The monoisotopic (exact) mass is 536 g/mol. The number of aryl methyl sites for hydroxylation is 1. The molecule has 0 spiro atoms. The Balaban J connectivity index is 1.32. The molecule has 4 atom stereocenters. The van der Waals surface area contributed by atoms with Gasteiger partial charge < -0.3 is 9.64 Å². The van der Waals surface area contributed by atoms with Crippen LogP contribution in [0.2, 0.25) is 5.15 Å². The largest absolute Gasteiger partial charge is 0.356 e. The summed E-state index contributed by atoms with van der Waals surface area (Å²) in [4.78, 5) is 31.0. The minimum absolute atomic E-state index is 0.103. The van der Waals surface area contributed by atoms with Gasteiger partial charge in [-0.15, -0.1) is 0 Å². The van der Waals surface area contributed by atoms with Crippen molar-refractivity contribution in [1.29, 1.82) is 0 Å². The van der Waals surface area contributed by atoms with E-state index in [4.69, 9.17) is 21.4 Å². The van der Waals surface area contributed by atoms with Gasteiger partial charge in [-0.1, -0.05) is 17.7 Å². The van der Waals surface area contributed by atoms with Crippen LogP contribution in [0.1, 0.15) is 57.9 Å². The Kier molecular flexibility index (Phi) is 6.57. The molecule has 2 saturated heterocycles. The number of benzene rings is 1. The number of halogens is 1. The van der Waals surface area contributed by atoms with Gasteiger partial charge in [0.2, 0.25) is 0 Å². The number of rotatable bonds is 4. The predicted octanol–water partition coefficient (Wildman–Crippen LogP) is 4.09. The van der Waals surface area contributed by atoms with Crippen LogP contribution in [0.25, 0.3) is 22.1 Å². The average molecular weight is 537 g/mol. The van der Waals surface area contributed by atoms with Crippen molar-refractivity contribution in [3.63, 3.8) is 0 Å². The fourth-order valence-electron chi connectivity index (χ4n) is 5.89. The predicted molar refractivity (Wildman–Crippen MR) is 148 cm³/mol. The van der Waals surface area contributed by atoms with Crippen LogP contribution in [0.5, 0.6) is 0 Å². The number of aromatic nitrogens is 6. The summed E-state index contributed by atoms with van der Waals surface area (Å²) in [5.74, 6) is 0.590. The van der Waals surface area contributed by atoms with Crippen LogP contribution in [0.15, 0.2) is 35.4 Å². The lowest BCUT2D eigenvalue weighted by Gasteiger charge is -2.47. The van der Waals surface area contributed by atoms with Gasteiger partial charge in [-0.2, -0.15) is 10.1 Å². The van der Waals surface area contributed by atoms with Crippen molar-refractivity contribution in [2.45, 2.75) is 64.4 Å². The van der Waals surface area contributed by atoms with E-state index in [1.807, 2.05) is 6.07 Å². The summed E-state index contributed by atoms with van der Waals surface area (Å²) in [6.45, 7) is 8.82. The maximum atomic E-state index is 13.0. The molecule has 0 aliphatic carbocycles. The molecule has 1 aromatic carbocycles. The highest BCUT2D eigenvalue weighted by Crippen LogP contribution is 2.36. The number of piperazine rings is 1. The minimum Gasteiger partial charge on any atom is -0.356 e. The maximum Gasteiger partial charge on any atom is 0.349 e. The normalized spacial score (nSPS) is 23.8. The zero-order valence-electron chi connectivity index (χ0n) is 22.2. The molecular formula is C27H33ClN8O2. The molecule has 0 saturated carbocycles. The molecule has 4 aromatic rings. The number of hydrogen-bond acceptors (Lipinski definition) is 8. The molecule has 11 heteroatoms. The van der Waals surface area contributed by atoms with Crippen LogP contribution in [-0.4, -0.2) is 66.0 Å². The first-order valence-corrected chi connectivity index (χ1v) is 13.7. The van der Waals surface area contributed by atoms with E-state index in [9.17, 15) is 4.79 Å². The van der Waals surface area contributed by atoms with Crippen LogP contribution in [0, 0.1) is 0 Å². The molecule has 0 amide bonds. The van der Waals surface area contributed by atoms with Crippen molar-refractivity contribution in [2.75, 3.05) is 24.6 Å². The Bertz CT molecular complexity index is 1550. The Morgan fingerprint density at radius 3 is 2.63 bits per heavy atom. The summed E-state index contributed by atoms with van der Waals surface area (Å²) in [6.07, 6.45) is 6.15. The third kappa shape index (κ3) is 4.24. The molecule has 0 radical (unpaired) electrons. The number of nitrogens with zero attached hydrogens (tertiary/aromatic N) is 8. The number of ether oxygens (including phenoxy) is 1. The van der Waals surface area contributed by atoms with Crippen LogP contribution in [0.4, 0.5) is 5.82 Å². The molecule has 2 fully saturated rings. The summed E-state index contributed by atoms with van der Waals surface area (Å²) in [7, 11) is 1.70. The van der Waals surface area contributed by atoms with Gasteiger partial charge in [-0.25, -0.2) is 9.48 Å². The zero-order valence-corrected chi connectivity index (χ0v) is 23.0. The lowest BCUT2D eigenvalue weighted by molar-refractivity contribution is -0.0388. The lowest BCUT2D eigenvalue weighted by Crippen LogP contribution is -2.57. The standard InChI is InChI=1S/C27H33ClN8O2/c1-16-15-35(17(2)14-34(16)18(3)19-8-9-20-21(13-19)30-11-10-29-20)26-23-24(33(4)27(37)31-26)25(28)36(32-23)22-7-5-6-12-38-22/h8-11,13,16-18,22H,5-7,12,14-15H2,1-4H3/t16-,17+,18+,22?/m1/s1. The van der Waals surface area contributed by atoms with Crippen molar-refractivity contribution >= 4 is 39.5 Å². The van der Waals surface area contributed by atoms with Gasteiger partial charge in [-0.05, 0) is 57.7 Å². The van der Waals surface area contributed by atoms with Crippen molar-refractivity contribution in [3.05, 3.63) is 51.8 Å². The number of anilines is 1. The first-order chi connectivity index (χ1) is 18.3. The van der Waals surface area contributed by atoms with Gasteiger partial charge >= 0.3 is 5.69 Å². The van der Waals surface area contributed by atoms with Gasteiger partial charge in [0, 0.05) is 57.3 Å². The fourth-order valence-corrected chi connectivity index (χ4v) is 6.26. The molecule has 5 heterocycles. The quantitative estimate of drug-likeness (QED) is 0.385. The molecular weight excluding hydrogens is 504 g/mol. The second-order valence-electron chi connectivity index (χ2n) is 10.6. The van der Waals surface area contributed by atoms with Gasteiger partial charge in [0.25, 0.3) is 0 Å². The Morgan fingerprint density at radius 2 is 1.87 bits per heavy atom. The lowest BCUT2D eigenvalue weighted by atomic mass is 10.00. The molecule has 2 aliphatic rings. The van der Waals surface area contributed by atoms with E-state index in [2.05, 4.69) is 57.7 Å². The minimum atomic E-state index is -0.341. The van der Waals surface area contributed by atoms with Gasteiger partial charge in [0.15, 0.2) is 22.7 Å². The summed E-state index contributed by atoms with van der Waals surface area (Å²) < 4.78 is 9.17. The van der Waals surface area contributed by atoms with Gasteiger partial charge in [0.05, 0.1) is 11.0 Å². The topological polar surface area (TPSA) is 94.2 Å². The Morgan fingerprint density at radius 1 is 1.08 bits per heavy atom. The van der Waals surface area contributed by atoms with E-state index < -0.39 is 0 Å². The highest BCUT2D eigenvalue weighted by molar-refractivity contribution is 6.34. The molecule has 0 bridgehead atoms. The van der Waals surface area contributed by atoms with E-state index >= 15 is 0 Å². The maximum absolute atomic E-state index is 13.0. The Labute approximate surface area is 226 Å². The van der Waals surface area contributed by atoms with Crippen molar-refractivity contribution in [2.24, 2.45) is 7.05 Å². The first-order valence-electron chi connectivity index (χ1n) is 13.3. The zero-order chi connectivity index (χ0) is 26.6. The summed E-state index contributed by atoms with van der Waals surface area (Å²) in [5, 5.41) is 5.29. The Hall–Kier alpha value is -3.08. The van der Waals surface area contributed by atoms with Gasteiger partial charge in [-0.3, -0.25) is 19.4 Å². The summed E-state index contributed by atoms with van der Waals surface area (Å²) >= 11 is 6.81. The highest BCUT2D eigenvalue weighted by atomic mass is 35.5.